The van der Waals surface area contributed by atoms with Crippen molar-refractivity contribution in [3.63, 3.8) is 0 Å². The van der Waals surface area contributed by atoms with E-state index in [1.54, 1.807) is 0 Å². The van der Waals surface area contributed by atoms with Crippen LogP contribution in [0.1, 0.15) is 20.7 Å². The molecule has 2 rings (SSSR count). The van der Waals surface area contributed by atoms with Crippen molar-refractivity contribution in [2.75, 3.05) is 0 Å². The fourth-order valence-electron chi connectivity index (χ4n) is 1.36. The zero-order valence-corrected chi connectivity index (χ0v) is 6.95. The molecule has 0 atom stereocenters. The standard InChI is InChI=1S/C10H4FNO2/c1-2-12-9(13)6-4-3-5-7(11)8(6)10(12)14/h1,3-5H. The zero-order chi connectivity index (χ0) is 10.3. The lowest BCUT2D eigenvalue weighted by atomic mass is 10.1. The summed E-state index contributed by atoms with van der Waals surface area (Å²) >= 11 is 0. The van der Waals surface area contributed by atoms with E-state index in [1.807, 2.05) is 6.04 Å². The molecule has 3 nitrogen and oxygen atoms in total. The number of hydrogen-bond donors (Lipinski definition) is 0. The molecule has 1 aromatic carbocycles. The van der Waals surface area contributed by atoms with Crippen LogP contribution in [0.5, 0.6) is 0 Å². The Hall–Kier alpha value is -2.15. The number of amides is 2. The zero-order valence-electron chi connectivity index (χ0n) is 6.95. The lowest BCUT2D eigenvalue weighted by molar-refractivity contribution is 0.0734. The van der Waals surface area contributed by atoms with Gasteiger partial charge in [0.25, 0.3) is 11.8 Å². The number of halogens is 1. The molecule has 1 aliphatic rings. The molecule has 1 aliphatic heterocycles. The van der Waals surface area contributed by atoms with Gasteiger partial charge < -0.3 is 0 Å². The molecule has 0 saturated heterocycles. The molecule has 0 fully saturated rings. The number of terminal acetylenes is 1. The van der Waals surface area contributed by atoms with Gasteiger partial charge in [-0.15, -0.1) is 0 Å². The van der Waals surface area contributed by atoms with Gasteiger partial charge in [0.2, 0.25) is 0 Å². The molecule has 0 bridgehead atoms. The Balaban J connectivity index is 2.72. The Morgan fingerprint density at radius 2 is 2.00 bits per heavy atom. The van der Waals surface area contributed by atoms with Crippen LogP contribution in [-0.4, -0.2) is 16.7 Å². The molecule has 0 unspecified atom stereocenters. The molecular weight excluding hydrogens is 185 g/mol. The Kier molecular flexibility index (Phi) is 1.61. The van der Waals surface area contributed by atoms with Gasteiger partial charge in [-0.05, 0) is 12.1 Å². The monoisotopic (exact) mass is 189 g/mol. The minimum atomic E-state index is -0.773. The maximum atomic E-state index is 13.2. The highest BCUT2D eigenvalue weighted by molar-refractivity contribution is 6.22. The highest BCUT2D eigenvalue weighted by Gasteiger charge is 2.36. The van der Waals surface area contributed by atoms with Gasteiger partial charge in [-0.2, -0.15) is 4.90 Å². The van der Waals surface area contributed by atoms with Gasteiger partial charge in [0.15, 0.2) is 0 Å². The SMILES string of the molecule is C#CN1C(=O)c2cccc(F)c2C1=O. The molecule has 0 spiro atoms. The van der Waals surface area contributed by atoms with Crippen molar-refractivity contribution in [2.24, 2.45) is 0 Å². The first kappa shape index (κ1) is 8.45. The van der Waals surface area contributed by atoms with Crippen LogP contribution in [0.2, 0.25) is 0 Å². The fraction of sp³-hybridized carbons (Fsp3) is 0. The first-order valence-corrected chi connectivity index (χ1v) is 3.80. The molecule has 1 heterocycles. The highest BCUT2D eigenvalue weighted by atomic mass is 19.1. The van der Waals surface area contributed by atoms with Gasteiger partial charge in [0.05, 0.1) is 11.1 Å². The van der Waals surface area contributed by atoms with E-state index in [1.165, 1.54) is 12.1 Å². The van der Waals surface area contributed by atoms with Crippen molar-refractivity contribution in [3.8, 4) is 12.5 Å². The Morgan fingerprint density at radius 3 is 2.57 bits per heavy atom. The number of nitrogens with zero attached hydrogens (tertiary/aromatic N) is 1. The molecule has 0 radical (unpaired) electrons. The lowest BCUT2D eigenvalue weighted by Crippen LogP contribution is -2.23. The van der Waals surface area contributed by atoms with Crippen LogP contribution in [-0.2, 0) is 0 Å². The number of rotatable bonds is 0. The van der Waals surface area contributed by atoms with Gasteiger partial charge in [-0.3, -0.25) is 9.59 Å². The molecule has 0 aromatic heterocycles. The summed E-state index contributed by atoms with van der Waals surface area (Å²) in [5, 5.41) is 0. The number of carbonyl (C=O) groups excluding carboxylic acids is 2. The second-order valence-electron chi connectivity index (χ2n) is 2.74. The number of carbonyl (C=O) groups is 2. The number of imide groups is 1. The second-order valence-corrected chi connectivity index (χ2v) is 2.74. The van der Waals surface area contributed by atoms with E-state index < -0.39 is 17.6 Å². The average Bonchev–Trinajstić information content (AvgIpc) is 2.41. The van der Waals surface area contributed by atoms with Crippen molar-refractivity contribution in [1.29, 1.82) is 0 Å². The third-order valence-electron chi connectivity index (χ3n) is 1.99. The quantitative estimate of drug-likeness (QED) is 0.451. The fourth-order valence-corrected chi connectivity index (χ4v) is 1.36. The first-order valence-electron chi connectivity index (χ1n) is 3.80. The predicted molar refractivity (Wildman–Crippen MR) is 45.7 cm³/mol. The number of fused-ring (bicyclic) bond motifs is 1. The number of hydrogen-bond acceptors (Lipinski definition) is 2. The predicted octanol–water partition coefficient (Wildman–Crippen LogP) is 1.01. The van der Waals surface area contributed by atoms with Crippen molar-refractivity contribution in [2.45, 2.75) is 0 Å². The highest BCUT2D eigenvalue weighted by Crippen LogP contribution is 2.24. The molecule has 2 amide bonds. The molecule has 1 aromatic rings. The van der Waals surface area contributed by atoms with Crippen molar-refractivity contribution in [1.82, 2.24) is 4.90 Å². The minimum Gasteiger partial charge on any atom is -0.267 e. The third-order valence-corrected chi connectivity index (χ3v) is 1.99. The summed E-state index contributed by atoms with van der Waals surface area (Å²) in [6.45, 7) is 0. The van der Waals surface area contributed by atoms with Crippen LogP contribution >= 0.6 is 0 Å². The first-order chi connectivity index (χ1) is 6.66. The van der Waals surface area contributed by atoms with Crippen LogP contribution in [0.15, 0.2) is 18.2 Å². The maximum absolute atomic E-state index is 13.2. The van der Waals surface area contributed by atoms with E-state index >= 15 is 0 Å². The lowest BCUT2D eigenvalue weighted by Gasteiger charge is -2.00. The van der Waals surface area contributed by atoms with Gasteiger partial charge in [-0.25, -0.2) is 4.39 Å². The summed E-state index contributed by atoms with van der Waals surface area (Å²) in [6.07, 6.45) is 4.96. The van der Waals surface area contributed by atoms with Crippen LogP contribution in [0, 0.1) is 18.3 Å². The second kappa shape index (κ2) is 2.67. The van der Waals surface area contributed by atoms with E-state index in [2.05, 4.69) is 0 Å². The van der Waals surface area contributed by atoms with E-state index in [4.69, 9.17) is 6.42 Å². The van der Waals surface area contributed by atoms with Crippen LogP contribution in [0.25, 0.3) is 0 Å². The molecule has 68 valence electrons. The summed E-state index contributed by atoms with van der Waals surface area (Å²) < 4.78 is 13.2. The summed E-state index contributed by atoms with van der Waals surface area (Å²) in [7, 11) is 0. The largest absolute Gasteiger partial charge is 0.276 e. The maximum Gasteiger partial charge on any atom is 0.276 e. The average molecular weight is 189 g/mol. The van der Waals surface area contributed by atoms with Gasteiger partial charge in [-0.1, -0.05) is 12.5 Å². The van der Waals surface area contributed by atoms with Crippen molar-refractivity contribution in [3.05, 3.63) is 35.1 Å². The Morgan fingerprint density at radius 1 is 1.29 bits per heavy atom. The summed E-state index contributed by atoms with van der Waals surface area (Å²) in [4.78, 5) is 23.3. The minimum absolute atomic E-state index is 0.0213. The van der Waals surface area contributed by atoms with Crippen LogP contribution in [0.3, 0.4) is 0 Å². The third kappa shape index (κ3) is 0.866. The Bertz CT molecular complexity index is 487. The summed E-state index contributed by atoms with van der Waals surface area (Å²) in [5.74, 6) is -2.14. The normalized spacial score (nSPS) is 14.1. The Labute approximate surface area is 79.1 Å². The van der Waals surface area contributed by atoms with E-state index in [0.717, 1.165) is 6.07 Å². The summed E-state index contributed by atoms with van der Waals surface area (Å²) in [5.41, 5.74) is -0.219. The topological polar surface area (TPSA) is 37.4 Å². The van der Waals surface area contributed by atoms with Crippen LogP contribution in [0.4, 0.5) is 4.39 Å². The molecule has 0 saturated carbocycles. The molecule has 14 heavy (non-hydrogen) atoms. The van der Waals surface area contributed by atoms with Crippen LogP contribution < -0.4 is 0 Å². The van der Waals surface area contributed by atoms with Crippen molar-refractivity contribution >= 4 is 11.8 Å². The molecule has 0 aliphatic carbocycles. The van der Waals surface area contributed by atoms with Gasteiger partial charge >= 0.3 is 0 Å². The molecular formula is C10H4FNO2. The van der Waals surface area contributed by atoms with Gasteiger partial charge in [0, 0.05) is 6.04 Å². The molecule has 4 heteroatoms. The van der Waals surface area contributed by atoms with Crippen molar-refractivity contribution < 1.29 is 14.0 Å². The van der Waals surface area contributed by atoms with E-state index in [9.17, 15) is 14.0 Å². The summed E-state index contributed by atoms with van der Waals surface area (Å²) in [6, 6.07) is 5.75. The molecule has 0 N–H and O–H groups in total. The number of benzene rings is 1. The van der Waals surface area contributed by atoms with E-state index in [-0.39, 0.29) is 11.1 Å². The van der Waals surface area contributed by atoms with Gasteiger partial charge in [0.1, 0.15) is 5.82 Å². The smallest absolute Gasteiger partial charge is 0.267 e. The van der Waals surface area contributed by atoms with E-state index in [0.29, 0.717) is 4.90 Å².